The van der Waals surface area contributed by atoms with E-state index in [9.17, 15) is 0 Å². The van der Waals surface area contributed by atoms with Crippen molar-refractivity contribution >= 4 is 0 Å². The van der Waals surface area contributed by atoms with Crippen molar-refractivity contribution in [1.29, 1.82) is 0 Å². The average molecular weight is 260 g/mol. The molecule has 1 N–H and O–H groups in total. The number of aryl methyl sites for hydroxylation is 2. The van der Waals surface area contributed by atoms with E-state index in [-0.39, 0.29) is 0 Å². The Labute approximate surface area is 113 Å². The van der Waals surface area contributed by atoms with E-state index >= 15 is 0 Å². The maximum absolute atomic E-state index is 8.70. The zero-order valence-corrected chi connectivity index (χ0v) is 11.3. The number of rotatable bonds is 7. The van der Waals surface area contributed by atoms with E-state index in [2.05, 4.69) is 22.3 Å². The van der Waals surface area contributed by atoms with Gasteiger partial charge in [0.2, 0.25) is 11.8 Å². The highest BCUT2D eigenvalue weighted by Crippen LogP contribution is 2.19. The van der Waals surface area contributed by atoms with Crippen molar-refractivity contribution in [3.8, 4) is 11.5 Å². The highest BCUT2D eigenvalue weighted by Gasteiger charge is 2.05. The predicted molar refractivity (Wildman–Crippen MR) is 73.7 cm³/mol. The first-order valence-electron chi connectivity index (χ1n) is 6.80. The van der Waals surface area contributed by atoms with Crippen molar-refractivity contribution in [1.82, 2.24) is 10.2 Å². The summed E-state index contributed by atoms with van der Waals surface area (Å²) >= 11 is 0. The summed E-state index contributed by atoms with van der Waals surface area (Å²) in [5.74, 6) is 1.16. The first kappa shape index (κ1) is 13.7. The lowest BCUT2D eigenvalue weighted by molar-refractivity contribution is 0.282. The van der Waals surface area contributed by atoms with Crippen LogP contribution in [-0.4, -0.2) is 21.9 Å². The number of benzene rings is 1. The summed E-state index contributed by atoms with van der Waals surface area (Å²) in [6.07, 6.45) is 5.43. The van der Waals surface area contributed by atoms with Crippen LogP contribution in [0.3, 0.4) is 0 Å². The van der Waals surface area contributed by atoms with E-state index in [0.717, 1.165) is 24.8 Å². The van der Waals surface area contributed by atoms with Gasteiger partial charge < -0.3 is 9.52 Å². The van der Waals surface area contributed by atoms with Gasteiger partial charge in [-0.3, -0.25) is 0 Å². The summed E-state index contributed by atoms with van der Waals surface area (Å²) in [5.41, 5.74) is 2.29. The molecule has 0 radical (unpaired) electrons. The van der Waals surface area contributed by atoms with Crippen LogP contribution in [-0.2, 0) is 6.42 Å². The third kappa shape index (κ3) is 4.17. The quantitative estimate of drug-likeness (QED) is 0.777. The van der Waals surface area contributed by atoms with E-state index < -0.39 is 0 Å². The topological polar surface area (TPSA) is 59.2 Å². The van der Waals surface area contributed by atoms with Crippen molar-refractivity contribution in [3.63, 3.8) is 0 Å². The second-order valence-corrected chi connectivity index (χ2v) is 4.71. The molecule has 0 aliphatic rings. The minimum atomic E-state index is 0.304. The molecule has 0 unspecified atom stereocenters. The van der Waals surface area contributed by atoms with E-state index in [0.29, 0.717) is 18.4 Å². The SMILES string of the molecule is Cc1nnc(-c2ccc(CCCCCCO)cc2)o1. The lowest BCUT2D eigenvalue weighted by Crippen LogP contribution is -1.88. The Balaban J connectivity index is 1.85. The van der Waals surface area contributed by atoms with Crippen LogP contribution in [0.2, 0.25) is 0 Å². The number of aliphatic hydroxyl groups excluding tert-OH is 1. The fourth-order valence-corrected chi connectivity index (χ4v) is 2.02. The molecular weight excluding hydrogens is 240 g/mol. The van der Waals surface area contributed by atoms with Gasteiger partial charge in [0.1, 0.15) is 0 Å². The maximum Gasteiger partial charge on any atom is 0.247 e. The summed E-state index contributed by atoms with van der Waals surface area (Å²) < 4.78 is 5.39. The van der Waals surface area contributed by atoms with Crippen LogP contribution in [0.5, 0.6) is 0 Å². The molecule has 1 aromatic heterocycles. The smallest absolute Gasteiger partial charge is 0.247 e. The molecule has 0 fully saturated rings. The number of hydrogen-bond donors (Lipinski definition) is 1. The number of nitrogens with zero attached hydrogens (tertiary/aromatic N) is 2. The lowest BCUT2D eigenvalue weighted by atomic mass is 10.0. The molecule has 1 heterocycles. The van der Waals surface area contributed by atoms with Gasteiger partial charge in [0.15, 0.2) is 0 Å². The number of aromatic nitrogens is 2. The Hall–Kier alpha value is -1.68. The first-order chi connectivity index (χ1) is 9.29. The van der Waals surface area contributed by atoms with Crippen LogP contribution < -0.4 is 0 Å². The first-order valence-corrected chi connectivity index (χ1v) is 6.80. The predicted octanol–water partition coefficient (Wildman–Crippen LogP) is 3.14. The highest BCUT2D eigenvalue weighted by molar-refractivity contribution is 5.52. The molecule has 2 rings (SSSR count). The average Bonchev–Trinajstić information content (AvgIpc) is 2.86. The largest absolute Gasteiger partial charge is 0.421 e. The summed E-state index contributed by atoms with van der Waals surface area (Å²) in [4.78, 5) is 0. The van der Waals surface area contributed by atoms with Crippen LogP contribution in [0.25, 0.3) is 11.5 Å². The fraction of sp³-hybridized carbons (Fsp3) is 0.467. The molecule has 0 saturated heterocycles. The lowest BCUT2D eigenvalue weighted by Gasteiger charge is -2.02. The molecule has 0 spiro atoms. The maximum atomic E-state index is 8.70. The molecule has 0 amide bonds. The van der Waals surface area contributed by atoms with E-state index in [1.807, 2.05) is 12.1 Å². The zero-order chi connectivity index (χ0) is 13.5. The second-order valence-electron chi connectivity index (χ2n) is 4.71. The van der Waals surface area contributed by atoms with Gasteiger partial charge in [-0.1, -0.05) is 25.0 Å². The van der Waals surface area contributed by atoms with Gasteiger partial charge in [0.05, 0.1) is 0 Å². The molecule has 4 nitrogen and oxygen atoms in total. The van der Waals surface area contributed by atoms with Crippen molar-refractivity contribution in [2.24, 2.45) is 0 Å². The van der Waals surface area contributed by atoms with Gasteiger partial charge in [0.25, 0.3) is 0 Å². The Morgan fingerprint density at radius 3 is 2.37 bits per heavy atom. The Morgan fingerprint density at radius 1 is 1.00 bits per heavy atom. The zero-order valence-electron chi connectivity index (χ0n) is 11.3. The molecule has 102 valence electrons. The monoisotopic (exact) mass is 260 g/mol. The summed E-state index contributed by atoms with van der Waals surface area (Å²) in [7, 11) is 0. The summed E-state index contributed by atoms with van der Waals surface area (Å²) in [5, 5.41) is 16.5. The van der Waals surface area contributed by atoms with Crippen LogP contribution in [0.1, 0.15) is 37.1 Å². The highest BCUT2D eigenvalue weighted by atomic mass is 16.4. The summed E-state index contributed by atoms with van der Waals surface area (Å²) in [6.45, 7) is 2.09. The van der Waals surface area contributed by atoms with Gasteiger partial charge in [0, 0.05) is 19.1 Å². The van der Waals surface area contributed by atoms with Crippen molar-refractivity contribution in [2.75, 3.05) is 6.61 Å². The third-order valence-electron chi connectivity index (χ3n) is 3.10. The third-order valence-corrected chi connectivity index (χ3v) is 3.10. The van der Waals surface area contributed by atoms with Gasteiger partial charge in [-0.2, -0.15) is 0 Å². The van der Waals surface area contributed by atoms with Crippen LogP contribution >= 0.6 is 0 Å². The molecule has 0 aliphatic heterocycles. The molecule has 0 bridgehead atoms. The molecule has 0 aliphatic carbocycles. The second kappa shape index (κ2) is 7.04. The Bertz CT molecular complexity index is 491. The standard InChI is InChI=1S/C15H20N2O2/c1-12-16-17-15(19-12)14-9-7-13(8-10-14)6-4-2-3-5-11-18/h7-10,18H,2-6,11H2,1H3. The van der Waals surface area contributed by atoms with Crippen LogP contribution in [0.4, 0.5) is 0 Å². The molecule has 19 heavy (non-hydrogen) atoms. The minimum absolute atomic E-state index is 0.304. The number of unbranched alkanes of at least 4 members (excludes halogenated alkanes) is 3. The molecule has 4 heteroatoms. The summed E-state index contributed by atoms with van der Waals surface area (Å²) in [6, 6.07) is 8.27. The van der Waals surface area contributed by atoms with Gasteiger partial charge in [-0.05, 0) is 37.0 Å². The van der Waals surface area contributed by atoms with Gasteiger partial charge in [-0.25, -0.2) is 0 Å². The Morgan fingerprint density at radius 2 is 1.74 bits per heavy atom. The molecule has 0 atom stereocenters. The molecule has 0 saturated carbocycles. The Kier molecular flexibility index (Phi) is 5.10. The fourth-order valence-electron chi connectivity index (χ4n) is 2.02. The molecule has 1 aromatic carbocycles. The van der Waals surface area contributed by atoms with Crippen molar-refractivity contribution in [2.45, 2.75) is 39.0 Å². The normalized spacial score (nSPS) is 10.8. The van der Waals surface area contributed by atoms with Gasteiger partial charge >= 0.3 is 0 Å². The van der Waals surface area contributed by atoms with E-state index in [4.69, 9.17) is 9.52 Å². The molecule has 2 aromatic rings. The molecular formula is C15H20N2O2. The number of hydrogen-bond acceptors (Lipinski definition) is 4. The minimum Gasteiger partial charge on any atom is -0.421 e. The number of aliphatic hydroxyl groups is 1. The van der Waals surface area contributed by atoms with E-state index in [1.54, 1.807) is 6.92 Å². The van der Waals surface area contributed by atoms with Crippen LogP contribution in [0.15, 0.2) is 28.7 Å². The van der Waals surface area contributed by atoms with Gasteiger partial charge in [-0.15, -0.1) is 10.2 Å². The van der Waals surface area contributed by atoms with Crippen molar-refractivity contribution in [3.05, 3.63) is 35.7 Å². The van der Waals surface area contributed by atoms with E-state index in [1.165, 1.54) is 18.4 Å². The van der Waals surface area contributed by atoms with Crippen molar-refractivity contribution < 1.29 is 9.52 Å². The van der Waals surface area contributed by atoms with Crippen LogP contribution in [0, 0.1) is 6.92 Å².